The van der Waals surface area contributed by atoms with E-state index >= 15 is 0 Å². The highest BCUT2D eigenvalue weighted by Crippen LogP contribution is 2.31. The summed E-state index contributed by atoms with van der Waals surface area (Å²) in [6.45, 7) is 1.13. The molecular weight excluding hydrogens is 320 g/mol. The largest absolute Gasteiger partial charge is 0.497 e. The summed E-state index contributed by atoms with van der Waals surface area (Å²) < 4.78 is 16.3. The van der Waals surface area contributed by atoms with Gasteiger partial charge in [0.15, 0.2) is 0 Å². The molecule has 0 fully saturated rings. The van der Waals surface area contributed by atoms with Crippen LogP contribution in [0.2, 0.25) is 0 Å². The molecule has 1 atom stereocenters. The number of hydrogen-bond donors (Lipinski definition) is 1. The number of hydrogen-bond acceptors (Lipinski definition) is 5. The Labute approximate surface area is 146 Å². The summed E-state index contributed by atoms with van der Waals surface area (Å²) >= 11 is 0. The molecule has 4 rings (SSSR count). The number of benzene rings is 1. The normalized spacial score (nSPS) is 18.7. The Morgan fingerprint density at radius 1 is 1.36 bits per heavy atom. The van der Waals surface area contributed by atoms with Crippen molar-refractivity contribution in [3.05, 3.63) is 40.8 Å². The summed E-state index contributed by atoms with van der Waals surface area (Å²) in [4.78, 5) is 12.4. The molecule has 2 heterocycles. The second-order valence-electron chi connectivity index (χ2n) is 6.71. The van der Waals surface area contributed by atoms with Crippen molar-refractivity contribution in [1.29, 1.82) is 0 Å². The van der Waals surface area contributed by atoms with Crippen molar-refractivity contribution in [2.24, 2.45) is 5.92 Å². The molecule has 0 unspecified atom stereocenters. The maximum absolute atomic E-state index is 12.4. The fourth-order valence-corrected chi connectivity index (χ4v) is 3.56. The van der Waals surface area contributed by atoms with E-state index in [1.54, 1.807) is 7.11 Å². The Kier molecular flexibility index (Phi) is 4.34. The third-order valence-corrected chi connectivity index (χ3v) is 4.97. The van der Waals surface area contributed by atoms with Crippen molar-refractivity contribution in [2.45, 2.75) is 32.1 Å². The molecule has 132 valence electrons. The minimum atomic E-state index is -0.170. The van der Waals surface area contributed by atoms with Gasteiger partial charge in [0.05, 0.1) is 19.4 Å². The third-order valence-electron chi connectivity index (χ3n) is 4.97. The first-order valence-corrected chi connectivity index (χ1v) is 8.80. The predicted molar refractivity (Wildman–Crippen MR) is 91.2 cm³/mol. The van der Waals surface area contributed by atoms with Gasteiger partial charge in [-0.1, -0.05) is 11.2 Å². The van der Waals surface area contributed by atoms with E-state index in [0.29, 0.717) is 18.9 Å². The van der Waals surface area contributed by atoms with Crippen molar-refractivity contribution in [2.75, 3.05) is 20.3 Å². The van der Waals surface area contributed by atoms with E-state index in [1.165, 1.54) is 0 Å². The number of nitrogens with one attached hydrogen (secondary N) is 1. The minimum absolute atomic E-state index is 0.170. The Balaban J connectivity index is 1.37. The molecule has 0 saturated heterocycles. The fourth-order valence-electron chi connectivity index (χ4n) is 3.56. The fraction of sp³-hybridized carbons (Fsp3) is 0.474. The first-order chi connectivity index (χ1) is 12.2. The van der Waals surface area contributed by atoms with E-state index in [2.05, 4.69) is 10.5 Å². The smallest absolute Gasteiger partial charge is 0.290 e. The Morgan fingerprint density at radius 2 is 2.24 bits per heavy atom. The SMILES string of the molecule is COc1ccc2c(c1)OC[C@H](CNC(=O)c1onc3c1CCCC3)C2. The monoisotopic (exact) mass is 342 g/mol. The zero-order valence-corrected chi connectivity index (χ0v) is 14.3. The van der Waals surface area contributed by atoms with Crippen LogP contribution in [0.25, 0.3) is 0 Å². The second-order valence-corrected chi connectivity index (χ2v) is 6.71. The molecule has 1 N–H and O–H groups in total. The number of nitrogens with zero attached hydrogens (tertiary/aromatic N) is 1. The van der Waals surface area contributed by atoms with Crippen LogP contribution in [0.15, 0.2) is 22.7 Å². The number of rotatable bonds is 4. The maximum Gasteiger partial charge on any atom is 0.290 e. The van der Waals surface area contributed by atoms with Crippen molar-refractivity contribution in [1.82, 2.24) is 10.5 Å². The van der Waals surface area contributed by atoms with Gasteiger partial charge >= 0.3 is 0 Å². The van der Waals surface area contributed by atoms with Crippen LogP contribution in [0.5, 0.6) is 11.5 Å². The van der Waals surface area contributed by atoms with Gasteiger partial charge in [0.2, 0.25) is 5.76 Å². The lowest BCUT2D eigenvalue weighted by Crippen LogP contribution is -2.35. The first kappa shape index (κ1) is 16.0. The van der Waals surface area contributed by atoms with Crippen molar-refractivity contribution in [3.63, 3.8) is 0 Å². The molecule has 0 radical (unpaired) electrons. The lowest BCUT2D eigenvalue weighted by molar-refractivity contribution is 0.0901. The van der Waals surface area contributed by atoms with Crippen LogP contribution in [0.4, 0.5) is 0 Å². The van der Waals surface area contributed by atoms with Gasteiger partial charge in [0, 0.05) is 24.1 Å². The van der Waals surface area contributed by atoms with E-state index in [0.717, 1.165) is 60.4 Å². The average molecular weight is 342 g/mol. The van der Waals surface area contributed by atoms with Crippen LogP contribution < -0.4 is 14.8 Å². The molecule has 2 aliphatic rings. The molecular formula is C19H22N2O4. The highest BCUT2D eigenvalue weighted by atomic mass is 16.5. The van der Waals surface area contributed by atoms with E-state index < -0.39 is 0 Å². The highest BCUT2D eigenvalue weighted by Gasteiger charge is 2.26. The number of aromatic nitrogens is 1. The van der Waals surface area contributed by atoms with Gasteiger partial charge in [-0.25, -0.2) is 0 Å². The molecule has 1 aliphatic heterocycles. The quantitative estimate of drug-likeness (QED) is 0.924. The molecule has 0 spiro atoms. The van der Waals surface area contributed by atoms with Crippen LogP contribution in [0.1, 0.15) is 40.2 Å². The van der Waals surface area contributed by atoms with E-state index in [4.69, 9.17) is 14.0 Å². The van der Waals surface area contributed by atoms with Gasteiger partial charge in [-0.3, -0.25) is 4.79 Å². The summed E-state index contributed by atoms with van der Waals surface area (Å²) in [5.41, 5.74) is 3.07. The van der Waals surface area contributed by atoms with Crippen LogP contribution in [-0.2, 0) is 19.3 Å². The van der Waals surface area contributed by atoms with E-state index in [9.17, 15) is 4.79 Å². The maximum atomic E-state index is 12.4. The number of amides is 1. The van der Waals surface area contributed by atoms with Crippen molar-refractivity contribution < 1.29 is 18.8 Å². The third kappa shape index (κ3) is 3.21. The summed E-state index contributed by atoms with van der Waals surface area (Å²) in [6, 6.07) is 5.86. The predicted octanol–water partition coefficient (Wildman–Crippen LogP) is 2.54. The first-order valence-electron chi connectivity index (χ1n) is 8.80. The molecule has 6 heteroatoms. The highest BCUT2D eigenvalue weighted by molar-refractivity contribution is 5.93. The lowest BCUT2D eigenvalue weighted by atomic mass is 9.95. The minimum Gasteiger partial charge on any atom is -0.497 e. The number of carbonyl (C=O) groups excluding carboxylic acids is 1. The van der Waals surface area contributed by atoms with Crippen LogP contribution >= 0.6 is 0 Å². The van der Waals surface area contributed by atoms with E-state index in [1.807, 2.05) is 18.2 Å². The van der Waals surface area contributed by atoms with Gasteiger partial charge in [0.1, 0.15) is 11.5 Å². The Bertz CT molecular complexity index is 784. The average Bonchev–Trinajstić information content (AvgIpc) is 3.09. The summed E-state index contributed by atoms with van der Waals surface area (Å²) in [5, 5.41) is 7.03. The topological polar surface area (TPSA) is 73.6 Å². The molecule has 1 aliphatic carbocycles. The van der Waals surface area contributed by atoms with Crippen LogP contribution in [-0.4, -0.2) is 31.3 Å². The number of aryl methyl sites for hydroxylation is 1. The van der Waals surface area contributed by atoms with Crippen molar-refractivity contribution >= 4 is 5.91 Å². The number of carbonyl (C=O) groups is 1. The number of methoxy groups -OCH3 is 1. The molecule has 1 aromatic heterocycles. The van der Waals surface area contributed by atoms with Gasteiger partial charge in [-0.2, -0.15) is 0 Å². The second kappa shape index (κ2) is 6.78. The molecule has 2 aromatic rings. The standard InChI is InChI=1S/C19H22N2O4/c1-23-14-7-6-13-8-12(11-24-17(13)9-14)10-20-19(22)18-15-4-2-3-5-16(15)21-25-18/h6-7,9,12H,2-5,8,10-11H2,1H3,(H,20,22)/t12-/m0/s1. The number of ether oxygens (including phenoxy) is 2. The zero-order valence-electron chi connectivity index (χ0n) is 14.3. The molecule has 6 nitrogen and oxygen atoms in total. The number of fused-ring (bicyclic) bond motifs is 2. The molecule has 1 aromatic carbocycles. The molecule has 1 amide bonds. The van der Waals surface area contributed by atoms with Gasteiger partial charge in [-0.15, -0.1) is 0 Å². The zero-order chi connectivity index (χ0) is 17.2. The summed E-state index contributed by atoms with van der Waals surface area (Å²) in [6.07, 6.45) is 4.86. The van der Waals surface area contributed by atoms with Crippen LogP contribution in [0.3, 0.4) is 0 Å². The van der Waals surface area contributed by atoms with Crippen LogP contribution in [0, 0.1) is 5.92 Å². The summed E-state index contributed by atoms with van der Waals surface area (Å²) in [7, 11) is 1.64. The summed E-state index contributed by atoms with van der Waals surface area (Å²) in [5.74, 6) is 2.11. The van der Waals surface area contributed by atoms with E-state index in [-0.39, 0.29) is 11.8 Å². The van der Waals surface area contributed by atoms with Gasteiger partial charge < -0.3 is 19.3 Å². The molecule has 25 heavy (non-hydrogen) atoms. The Hall–Kier alpha value is -2.50. The Morgan fingerprint density at radius 3 is 3.12 bits per heavy atom. The molecule has 0 saturated carbocycles. The van der Waals surface area contributed by atoms with Crippen molar-refractivity contribution in [3.8, 4) is 11.5 Å². The van der Waals surface area contributed by atoms with Gasteiger partial charge in [0.25, 0.3) is 5.91 Å². The molecule has 0 bridgehead atoms. The lowest BCUT2D eigenvalue weighted by Gasteiger charge is -2.25. The van der Waals surface area contributed by atoms with Gasteiger partial charge in [-0.05, 0) is 43.7 Å².